The van der Waals surface area contributed by atoms with E-state index >= 15 is 0 Å². The van der Waals surface area contributed by atoms with Crippen molar-refractivity contribution in [3.8, 4) is 28.5 Å². The van der Waals surface area contributed by atoms with Gasteiger partial charge in [0, 0.05) is 17.7 Å². The fraction of sp³-hybridized carbons (Fsp3) is 0.182. The predicted octanol–water partition coefficient (Wildman–Crippen LogP) is 3.16. The number of aryl methyl sites for hydroxylation is 2. The Labute approximate surface area is 150 Å². The molecule has 0 unspecified atom stereocenters. The van der Waals surface area contributed by atoms with Gasteiger partial charge in [0.2, 0.25) is 5.69 Å². The van der Waals surface area contributed by atoms with Crippen molar-refractivity contribution in [1.82, 2.24) is 0 Å². The Balaban J connectivity index is 2.15. The third-order valence-corrected chi connectivity index (χ3v) is 9.01. The van der Waals surface area contributed by atoms with Gasteiger partial charge in [0.05, 0.1) is 11.6 Å². The van der Waals surface area contributed by atoms with Crippen LogP contribution in [0, 0.1) is 18.3 Å². The van der Waals surface area contributed by atoms with Crippen LogP contribution in [0.2, 0.25) is 13.1 Å². The molecular weight excluding hydrogens is 320 g/mol. The van der Waals surface area contributed by atoms with E-state index in [4.69, 9.17) is 0 Å². The number of nitrogens with zero attached hydrogens (tertiary/aromatic N) is 2. The first-order chi connectivity index (χ1) is 12.0. The average molecular weight is 342 g/mol. The van der Waals surface area contributed by atoms with E-state index in [-0.39, 0.29) is 0 Å². The molecule has 2 aromatic carbocycles. The fourth-order valence-electron chi connectivity index (χ4n) is 4.27. The van der Waals surface area contributed by atoms with E-state index in [1.165, 1.54) is 32.8 Å². The summed E-state index contributed by atoms with van der Waals surface area (Å²) in [6, 6.07) is 19.4. The lowest BCUT2D eigenvalue weighted by molar-refractivity contribution is -0.660. The standard InChI is InChI=1S/C22H21N2Si/c1-15-11-12-17-21-16(14-23)8-7-10-19(21)25(3,4)22(17)20(15)18-9-5-6-13-24(18)2/h5-13H,1-4H3/q+1. The minimum Gasteiger partial charge on any atom is -0.201 e. The molecule has 0 saturated heterocycles. The summed E-state index contributed by atoms with van der Waals surface area (Å²) in [5.41, 5.74) is 7.10. The van der Waals surface area contributed by atoms with Gasteiger partial charge in [0.25, 0.3) is 0 Å². The number of nitriles is 1. The Morgan fingerprint density at radius 3 is 2.48 bits per heavy atom. The SMILES string of the molecule is Cc1ccc2c(c1-c1cccc[n+]1C)[Si](C)(C)c1cccc(C#N)c1-2. The van der Waals surface area contributed by atoms with Gasteiger partial charge in [-0.25, -0.2) is 4.57 Å². The topological polar surface area (TPSA) is 27.7 Å². The maximum atomic E-state index is 9.64. The second-order valence-corrected chi connectivity index (χ2v) is 11.6. The second kappa shape index (κ2) is 5.40. The third kappa shape index (κ3) is 2.11. The highest BCUT2D eigenvalue weighted by molar-refractivity contribution is 7.04. The molecule has 122 valence electrons. The molecule has 4 rings (SSSR count). The monoisotopic (exact) mass is 341 g/mol. The molecule has 1 aliphatic rings. The molecule has 0 saturated carbocycles. The lowest BCUT2D eigenvalue weighted by Crippen LogP contribution is -2.51. The van der Waals surface area contributed by atoms with Crippen LogP contribution in [0.4, 0.5) is 0 Å². The Kier molecular flexibility index (Phi) is 3.42. The van der Waals surface area contributed by atoms with Crippen molar-refractivity contribution in [3.05, 3.63) is 65.9 Å². The van der Waals surface area contributed by atoms with Crippen LogP contribution in [-0.2, 0) is 7.05 Å². The number of rotatable bonds is 1. The summed E-state index contributed by atoms with van der Waals surface area (Å²) >= 11 is 0. The molecule has 3 heteroatoms. The first kappa shape index (κ1) is 15.8. The molecule has 0 N–H and O–H groups in total. The van der Waals surface area contributed by atoms with Gasteiger partial charge >= 0.3 is 0 Å². The first-order valence-electron chi connectivity index (χ1n) is 8.60. The molecule has 0 atom stereocenters. The van der Waals surface area contributed by atoms with Crippen LogP contribution in [0.1, 0.15) is 11.1 Å². The zero-order chi connectivity index (χ0) is 17.8. The molecule has 3 aromatic rings. The molecule has 0 amide bonds. The van der Waals surface area contributed by atoms with E-state index in [9.17, 15) is 5.26 Å². The summed E-state index contributed by atoms with van der Waals surface area (Å²) in [6.07, 6.45) is 2.10. The predicted molar refractivity (Wildman–Crippen MR) is 105 cm³/mol. The molecule has 0 fully saturated rings. The smallest absolute Gasteiger partial charge is 0.201 e. The number of benzene rings is 2. The van der Waals surface area contributed by atoms with Gasteiger partial charge in [-0.1, -0.05) is 37.4 Å². The highest BCUT2D eigenvalue weighted by atomic mass is 28.3. The molecule has 0 bridgehead atoms. The van der Waals surface area contributed by atoms with E-state index in [2.05, 4.69) is 80.3 Å². The molecule has 0 aliphatic carbocycles. The Bertz CT molecular complexity index is 1060. The quantitative estimate of drug-likeness (QED) is 0.493. The van der Waals surface area contributed by atoms with Gasteiger partial charge in [0.1, 0.15) is 15.1 Å². The maximum Gasteiger partial charge on any atom is 0.212 e. The van der Waals surface area contributed by atoms with Gasteiger partial charge in [-0.15, -0.1) is 0 Å². The summed E-state index contributed by atoms with van der Waals surface area (Å²) in [7, 11) is 0.227. The van der Waals surface area contributed by atoms with Crippen molar-refractivity contribution in [2.45, 2.75) is 20.0 Å². The third-order valence-electron chi connectivity index (χ3n) is 5.48. The number of hydrogen-bond donors (Lipinski definition) is 0. The molecule has 0 radical (unpaired) electrons. The van der Waals surface area contributed by atoms with Gasteiger partial charge in [-0.05, 0) is 46.1 Å². The molecule has 1 aromatic heterocycles. The van der Waals surface area contributed by atoms with Crippen molar-refractivity contribution in [2.75, 3.05) is 0 Å². The highest BCUT2D eigenvalue weighted by Crippen LogP contribution is 2.35. The molecule has 2 heterocycles. The number of hydrogen-bond acceptors (Lipinski definition) is 1. The van der Waals surface area contributed by atoms with Crippen LogP contribution in [0.15, 0.2) is 54.7 Å². The largest absolute Gasteiger partial charge is 0.212 e. The van der Waals surface area contributed by atoms with E-state index in [0.29, 0.717) is 0 Å². The zero-order valence-corrected chi connectivity index (χ0v) is 16.1. The van der Waals surface area contributed by atoms with Crippen molar-refractivity contribution >= 4 is 18.4 Å². The molecule has 2 nitrogen and oxygen atoms in total. The lowest BCUT2D eigenvalue weighted by atomic mass is 9.95. The molecule has 0 spiro atoms. The van der Waals surface area contributed by atoms with Gasteiger partial charge < -0.3 is 0 Å². The molecule has 1 aliphatic heterocycles. The Hall–Kier alpha value is -2.70. The van der Waals surface area contributed by atoms with Crippen molar-refractivity contribution in [2.24, 2.45) is 7.05 Å². The molecular formula is C22H21N2Si+. The second-order valence-electron chi connectivity index (χ2n) is 7.34. The average Bonchev–Trinajstić information content (AvgIpc) is 2.84. The first-order valence-corrected chi connectivity index (χ1v) is 11.6. The summed E-state index contributed by atoms with van der Waals surface area (Å²) in [4.78, 5) is 0. The maximum absolute atomic E-state index is 9.64. The normalized spacial score (nSPS) is 13.9. The summed E-state index contributed by atoms with van der Waals surface area (Å²) < 4.78 is 2.20. The van der Waals surface area contributed by atoms with Gasteiger partial charge in [-0.2, -0.15) is 5.26 Å². The van der Waals surface area contributed by atoms with E-state index in [1.54, 1.807) is 0 Å². The van der Waals surface area contributed by atoms with Crippen LogP contribution in [-0.4, -0.2) is 8.07 Å². The van der Waals surface area contributed by atoms with Crippen LogP contribution in [0.3, 0.4) is 0 Å². The van der Waals surface area contributed by atoms with Crippen LogP contribution >= 0.6 is 0 Å². The van der Waals surface area contributed by atoms with Crippen molar-refractivity contribution < 1.29 is 4.57 Å². The van der Waals surface area contributed by atoms with E-state index in [1.807, 2.05) is 12.1 Å². The van der Waals surface area contributed by atoms with E-state index in [0.717, 1.165) is 11.1 Å². The van der Waals surface area contributed by atoms with Crippen molar-refractivity contribution in [3.63, 3.8) is 0 Å². The summed E-state index contributed by atoms with van der Waals surface area (Å²) in [5.74, 6) is 0. The lowest BCUT2D eigenvalue weighted by Gasteiger charge is -2.22. The van der Waals surface area contributed by atoms with Crippen LogP contribution in [0.5, 0.6) is 0 Å². The van der Waals surface area contributed by atoms with Crippen molar-refractivity contribution in [1.29, 1.82) is 5.26 Å². The van der Waals surface area contributed by atoms with Gasteiger partial charge in [0.15, 0.2) is 6.20 Å². The summed E-state index contributed by atoms with van der Waals surface area (Å²) in [5, 5.41) is 12.5. The number of pyridine rings is 1. The minimum absolute atomic E-state index is 0.795. The Morgan fingerprint density at radius 2 is 1.76 bits per heavy atom. The summed E-state index contributed by atoms with van der Waals surface area (Å²) in [6.45, 7) is 7.01. The highest BCUT2D eigenvalue weighted by Gasteiger charge is 2.42. The number of aromatic nitrogens is 1. The van der Waals surface area contributed by atoms with Crippen LogP contribution < -0.4 is 14.9 Å². The minimum atomic E-state index is -1.88. The van der Waals surface area contributed by atoms with E-state index < -0.39 is 8.07 Å². The fourth-order valence-corrected chi connectivity index (χ4v) is 7.78. The molecule has 25 heavy (non-hydrogen) atoms. The Morgan fingerprint density at radius 1 is 0.960 bits per heavy atom. The zero-order valence-electron chi connectivity index (χ0n) is 15.1. The number of fused-ring (bicyclic) bond motifs is 3. The van der Waals surface area contributed by atoms with Crippen LogP contribution in [0.25, 0.3) is 22.4 Å². The van der Waals surface area contributed by atoms with Gasteiger partial charge in [-0.3, -0.25) is 0 Å².